The lowest BCUT2D eigenvalue weighted by Gasteiger charge is -2.32. The molecule has 0 saturated carbocycles. The third kappa shape index (κ3) is 2.80. The zero-order valence-electron chi connectivity index (χ0n) is 11.9. The van der Waals surface area contributed by atoms with Crippen LogP contribution in [0.3, 0.4) is 0 Å². The second-order valence-electron chi connectivity index (χ2n) is 5.46. The molecule has 4 nitrogen and oxygen atoms in total. The van der Waals surface area contributed by atoms with Crippen molar-refractivity contribution in [1.29, 1.82) is 5.26 Å². The molecular weight excluding hydrogens is 284 g/mol. The van der Waals surface area contributed by atoms with Gasteiger partial charge >= 0.3 is 0 Å². The van der Waals surface area contributed by atoms with Crippen LogP contribution in [0.4, 0.5) is 5.69 Å². The van der Waals surface area contributed by atoms with Crippen molar-refractivity contribution in [3.8, 4) is 6.07 Å². The molecule has 2 heterocycles. The topological polar surface area (TPSA) is 60.7 Å². The summed E-state index contributed by atoms with van der Waals surface area (Å²) in [6, 6.07) is 8.46. The Balaban J connectivity index is 2.06. The smallest absolute Gasteiger partial charge is 0.103 e. The molecule has 1 aromatic heterocycles. The third-order valence-corrected chi connectivity index (χ3v) is 4.28. The minimum atomic E-state index is 0.301. The van der Waals surface area contributed by atoms with Crippen LogP contribution in [0, 0.1) is 11.3 Å². The van der Waals surface area contributed by atoms with Gasteiger partial charge in [0.15, 0.2) is 0 Å². The first-order chi connectivity index (χ1) is 10.2. The summed E-state index contributed by atoms with van der Waals surface area (Å²) < 4.78 is 0. The van der Waals surface area contributed by atoms with Crippen molar-refractivity contribution in [2.75, 3.05) is 11.9 Å². The minimum absolute atomic E-state index is 0.301. The fourth-order valence-electron chi connectivity index (χ4n) is 2.83. The second-order valence-corrected chi connectivity index (χ2v) is 5.89. The van der Waals surface area contributed by atoms with Crippen LogP contribution in [0.1, 0.15) is 25.3 Å². The number of halogens is 1. The number of fused-ring (bicyclic) bond motifs is 1. The monoisotopic (exact) mass is 300 g/mol. The van der Waals surface area contributed by atoms with Crippen LogP contribution < -0.4 is 10.6 Å². The van der Waals surface area contributed by atoms with E-state index in [0.29, 0.717) is 22.7 Å². The Morgan fingerprint density at radius 2 is 2.33 bits per heavy atom. The summed E-state index contributed by atoms with van der Waals surface area (Å²) in [4.78, 5) is 4.33. The van der Waals surface area contributed by atoms with E-state index in [-0.39, 0.29) is 0 Å². The van der Waals surface area contributed by atoms with E-state index in [4.69, 9.17) is 11.6 Å². The maximum atomic E-state index is 9.36. The highest BCUT2D eigenvalue weighted by Gasteiger charge is 2.22. The van der Waals surface area contributed by atoms with Crippen LogP contribution in [0.2, 0.25) is 5.02 Å². The standard InChI is InChI=1S/C16H17ClN4/c1-10-14(3-2-6-19-10)21-16-11(8-18)9-20-15-5-4-12(17)7-13(15)16/h4-5,7,9-10,14,19H,2-3,6H2,1H3,(H,20,21). The predicted octanol–water partition coefficient (Wildman–Crippen LogP) is 3.31. The molecule has 0 amide bonds. The van der Waals surface area contributed by atoms with E-state index < -0.39 is 0 Å². The molecule has 0 aliphatic carbocycles. The van der Waals surface area contributed by atoms with Gasteiger partial charge in [-0.3, -0.25) is 4.98 Å². The molecule has 108 valence electrons. The minimum Gasteiger partial charge on any atom is -0.379 e. The Morgan fingerprint density at radius 1 is 1.48 bits per heavy atom. The van der Waals surface area contributed by atoms with E-state index in [1.807, 2.05) is 18.2 Å². The number of nitrogens with one attached hydrogen (secondary N) is 2. The number of nitrogens with zero attached hydrogens (tertiary/aromatic N) is 2. The molecule has 1 aliphatic rings. The molecule has 1 saturated heterocycles. The molecule has 0 bridgehead atoms. The van der Waals surface area contributed by atoms with Crippen molar-refractivity contribution >= 4 is 28.2 Å². The summed E-state index contributed by atoms with van der Waals surface area (Å²) in [6.07, 6.45) is 3.84. The maximum absolute atomic E-state index is 9.36. The van der Waals surface area contributed by atoms with E-state index >= 15 is 0 Å². The molecule has 0 radical (unpaired) electrons. The molecule has 2 aromatic rings. The zero-order valence-corrected chi connectivity index (χ0v) is 12.6. The average Bonchev–Trinajstić information content (AvgIpc) is 2.50. The Labute approximate surface area is 129 Å². The molecule has 2 N–H and O–H groups in total. The van der Waals surface area contributed by atoms with Gasteiger partial charge in [-0.2, -0.15) is 5.26 Å². The van der Waals surface area contributed by atoms with Gasteiger partial charge in [0.1, 0.15) is 6.07 Å². The van der Waals surface area contributed by atoms with Gasteiger partial charge in [0.25, 0.3) is 0 Å². The van der Waals surface area contributed by atoms with Gasteiger partial charge in [0.2, 0.25) is 0 Å². The van der Waals surface area contributed by atoms with Crippen molar-refractivity contribution in [2.45, 2.75) is 31.8 Å². The zero-order chi connectivity index (χ0) is 14.8. The molecule has 0 spiro atoms. The highest BCUT2D eigenvalue weighted by molar-refractivity contribution is 6.31. The van der Waals surface area contributed by atoms with E-state index in [9.17, 15) is 5.26 Å². The van der Waals surface area contributed by atoms with Crippen LogP contribution in [-0.4, -0.2) is 23.6 Å². The largest absolute Gasteiger partial charge is 0.379 e. The number of anilines is 1. The normalized spacial score (nSPS) is 22.0. The lowest BCUT2D eigenvalue weighted by atomic mass is 9.98. The molecule has 1 aliphatic heterocycles. The number of benzene rings is 1. The Hall–Kier alpha value is -1.83. The quantitative estimate of drug-likeness (QED) is 0.893. The fourth-order valence-corrected chi connectivity index (χ4v) is 3.00. The third-order valence-electron chi connectivity index (χ3n) is 4.04. The second kappa shape index (κ2) is 5.88. The molecule has 5 heteroatoms. The Kier molecular flexibility index (Phi) is 3.96. The summed E-state index contributed by atoms with van der Waals surface area (Å²) in [5, 5.41) is 17.9. The van der Waals surface area contributed by atoms with Crippen LogP contribution >= 0.6 is 11.6 Å². The van der Waals surface area contributed by atoms with E-state index in [0.717, 1.165) is 36.0 Å². The first kappa shape index (κ1) is 14.1. The van der Waals surface area contributed by atoms with E-state index in [2.05, 4.69) is 28.6 Å². The summed E-state index contributed by atoms with van der Waals surface area (Å²) in [5.74, 6) is 0. The summed E-state index contributed by atoms with van der Waals surface area (Å²) in [5.41, 5.74) is 2.24. The van der Waals surface area contributed by atoms with E-state index in [1.54, 1.807) is 6.20 Å². The van der Waals surface area contributed by atoms with Crippen LogP contribution in [0.5, 0.6) is 0 Å². The first-order valence-electron chi connectivity index (χ1n) is 7.17. The van der Waals surface area contributed by atoms with E-state index in [1.165, 1.54) is 0 Å². The van der Waals surface area contributed by atoms with Gasteiger partial charge < -0.3 is 10.6 Å². The number of rotatable bonds is 2. The predicted molar refractivity (Wildman–Crippen MR) is 85.6 cm³/mol. The Morgan fingerprint density at radius 3 is 3.10 bits per heavy atom. The van der Waals surface area contributed by atoms with Crippen molar-refractivity contribution in [3.63, 3.8) is 0 Å². The highest BCUT2D eigenvalue weighted by Crippen LogP contribution is 2.29. The number of nitriles is 1. The van der Waals surface area contributed by atoms with Crippen LogP contribution in [-0.2, 0) is 0 Å². The SMILES string of the molecule is CC1NCCCC1Nc1c(C#N)cnc2ccc(Cl)cc12. The molecule has 1 fully saturated rings. The van der Waals surface area contributed by atoms with Crippen molar-refractivity contribution in [3.05, 3.63) is 35.0 Å². The molecule has 3 rings (SSSR count). The number of aromatic nitrogens is 1. The maximum Gasteiger partial charge on any atom is 0.103 e. The number of piperidine rings is 1. The first-order valence-corrected chi connectivity index (χ1v) is 7.55. The van der Waals surface area contributed by atoms with Gasteiger partial charge in [0.05, 0.1) is 16.8 Å². The van der Waals surface area contributed by atoms with Crippen molar-refractivity contribution in [2.24, 2.45) is 0 Å². The summed E-state index contributed by atoms with van der Waals surface area (Å²) in [7, 11) is 0. The fraction of sp³-hybridized carbons (Fsp3) is 0.375. The molecular formula is C16H17ClN4. The van der Waals surface area contributed by atoms with Gasteiger partial charge in [0, 0.05) is 28.7 Å². The number of hydrogen-bond donors (Lipinski definition) is 2. The molecule has 21 heavy (non-hydrogen) atoms. The van der Waals surface area contributed by atoms with Crippen LogP contribution in [0.15, 0.2) is 24.4 Å². The summed E-state index contributed by atoms with van der Waals surface area (Å²) in [6.45, 7) is 3.21. The van der Waals surface area contributed by atoms with Gasteiger partial charge in [-0.25, -0.2) is 0 Å². The molecule has 1 aromatic carbocycles. The average molecular weight is 301 g/mol. The van der Waals surface area contributed by atoms with Crippen molar-refractivity contribution in [1.82, 2.24) is 10.3 Å². The number of hydrogen-bond acceptors (Lipinski definition) is 4. The lowest BCUT2D eigenvalue weighted by Crippen LogP contribution is -2.46. The molecule has 2 atom stereocenters. The van der Waals surface area contributed by atoms with Gasteiger partial charge in [-0.1, -0.05) is 11.6 Å². The summed E-state index contributed by atoms with van der Waals surface area (Å²) >= 11 is 6.11. The van der Waals surface area contributed by atoms with Crippen LogP contribution in [0.25, 0.3) is 10.9 Å². The van der Waals surface area contributed by atoms with Gasteiger partial charge in [-0.15, -0.1) is 0 Å². The Bertz CT molecular complexity index is 707. The van der Waals surface area contributed by atoms with Gasteiger partial charge in [-0.05, 0) is 44.5 Å². The lowest BCUT2D eigenvalue weighted by molar-refractivity contribution is 0.389. The van der Waals surface area contributed by atoms with Crippen molar-refractivity contribution < 1.29 is 0 Å². The molecule has 2 unspecified atom stereocenters. The number of pyridine rings is 1. The highest BCUT2D eigenvalue weighted by atomic mass is 35.5.